The quantitative estimate of drug-likeness (QED) is 0.711. The lowest BCUT2D eigenvalue weighted by Crippen LogP contribution is -2.41. The van der Waals surface area contributed by atoms with Crippen LogP contribution in [-0.2, 0) is 16.9 Å². The van der Waals surface area contributed by atoms with E-state index in [-0.39, 0.29) is 12.6 Å². The van der Waals surface area contributed by atoms with Gasteiger partial charge in [0.05, 0.1) is 5.60 Å². The summed E-state index contributed by atoms with van der Waals surface area (Å²) in [7, 11) is 1.75. The average Bonchev–Trinajstić information content (AvgIpc) is 2.78. The van der Waals surface area contributed by atoms with Crippen LogP contribution in [0.3, 0.4) is 0 Å². The third-order valence-corrected chi connectivity index (χ3v) is 5.78. The Morgan fingerprint density at radius 2 is 1.77 bits per heavy atom. The first-order valence-corrected chi connectivity index (χ1v) is 10.7. The lowest BCUT2D eigenvalue weighted by Gasteiger charge is -2.32. The largest absolute Gasteiger partial charge is 0.489 e. The third kappa shape index (κ3) is 5.54. The highest BCUT2D eigenvalue weighted by molar-refractivity contribution is 5.91. The van der Waals surface area contributed by atoms with Gasteiger partial charge in [-0.1, -0.05) is 12.1 Å². The molecule has 0 unspecified atom stereocenters. The molecule has 6 nitrogen and oxygen atoms in total. The van der Waals surface area contributed by atoms with Gasteiger partial charge in [-0.2, -0.15) is 0 Å². The van der Waals surface area contributed by atoms with Crippen LogP contribution < -0.4 is 9.64 Å². The van der Waals surface area contributed by atoms with Gasteiger partial charge in [0, 0.05) is 57.9 Å². The number of benzene rings is 2. The van der Waals surface area contributed by atoms with E-state index in [4.69, 9.17) is 9.47 Å². The molecule has 1 fully saturated rings. The van der Waals surface area contributed by atoms with Gasteiger partial charge >= 0.3 is 6.03 Å². The van der Waals surface area contributed by atoms with Crippen molar-refractivity contribution in [2.75, 3.05) is 38.3 Å². The molecule has 168 valence electrons. The Kier molecular flexibility index (Phi) is 7.51. The van der Waals surface area contributed by atoms with Gasteiger partial charge in [-0.05, 0) is 49.2 Å². The topological polar surface area (TPSA) is 62.2 Å². The normalized spacial score (nSPS) is 15.4. The molecule has 0 spiro atoms. The van der Waals surface area contributed by atoms with Crippen molar-refractivity contribution in [3.8, 4) is 5.75 Å². The van der Waals surface area contributed by atoms with Crippen molar-refractivity contribution in [2.45, 2.75) is 38.9 Å². The minimum Gasteiger partial charge on any atom is -0.489 e. The molecule has 1 aliphatic rings. The van der Waals surface area contributed by atoms with E-state index >= 15 is 0 Å². The van der Waals surface area contributed by atoms with Crippen molar-refractivity contribution < 1.29 is 23.8 Å². The number of nitrogens with zero attached hydrogens (tertiary/aromatic N) is 2. The van der Waals surface area contributed by atoms with Crippen molar-refractivity contribution in [1.82, 2.24) is 4.90 Å². The van der Waals surface area contributed by atoms with Crippen LogP contribution in [0.25, 0.3) is 0 Å². The van der Waals surface area contributed by atoms with Gasteiger partial charge in [-0.25, -0.2) is 9.18 Å². The average molecular weight is 431 g/mol. The van der Waals surface area contributed by atoms with Gasteiger partial charge in [-0.3, -0.25) is 4.90 Å². The van der Waals surface area contributed by atoms with Crippen molar-refractivity contribution in [2.24, 2.45) is 0 Å². The van der Waals surface area contributed by atoms with Gasteiger partial charge in [0.1, 0.15) is 18.2 Å². The number of hydrogen-bond donors (Lipinski definition) is 1. The molecule has 7 heteroatoms. The number of carbonyl (C=O) groups is 1. The van der Waals surface area contributed by atoms with Crippen LogP contribution in [0.1, 0.15) is 37.8 Å². The van der Waals surface area contributed by atoms with E-state index in [1.165, 1.54) is 12.1 Å². The smallest absolute Gasteiger partial charge is 0.324 e. The minimum atomic E-state index is -1.10. The maximum absolute atomic E-state index is 14.2. The van der Waals surface area contributed by atoms with E-state index in [9.17, 15) is 14.3 Å². The second kappa shape index (κ2) is 10.1. The molecule has 0 aliphatic carbocycles. The van der Waals surface area contributed by atoms with Gasteiger partial charge < -0.3 is 19.5 Å². The van der Waals surface area contributed by atoms with E-state index in [0.717, 1.165) is 11.3 Å². The molecule has 0 bridgehead atoms. The van der Waals surface area contributed by atoms with Crippen molar-refractivity contribution in [3.63, 3.8) is 0 Å². The molecule has 1 saturated heterocycles. The minimum absolute atomic E-state index is 0.0488. The number of hydrogen-bond acceptors (Lipinski definition) is 4. The highest BCUT2D eigenvalue weighted by Gasteiger charge is 2.32. The number of amides is 2. The van der Waals surface area contributed by atoms with Gasteiger partial charge in [0.25, 0.3) is 0 Å². The van der Waals surface area contributed by atoms with Crippen LogP contribution in [-0.4, -0.2) is 49.4 Å². The number of rotatable bonds is 7. The SMILES string of the molecule is CCN(CC)C(=O)N(C)c1ccc(COc2cc(F)cc(C3(O)CCOCC3)c2)cc1. The molecule has 0 saturated carbocycles. The molecule has 2 aromatic carbocycles. The fourth-order valence-electron chi connectivity index (χ4n) is 3.71. The molecule has 3 rings (SSSR count). The Labute approximate surface area is 183 Å². The van der Waals surface area contributed by atoms with Gasteiger partial charge in [-0.15, -0.1) is 0 Å². The summed E-state index contributed by atoms with van der Waals surface area (Å²) in [6.07, 6.45) is 0.855. The molecule has 0 atom stereocenters. The molecule has 31 heavy (non-hydrogen) atoms. The molecular weight excluding hydrogens is 399 g/mol. The number of halogens is 1. The van der Waals surface area contributed by atoms with E-state index in [2.05, 4.69) is 0 Å². The fourth-order valence-corrected chi connectivity index (χ4v) is 3.71. The van der Waals surface area contributed by atoms with Gasteiger partial charge in [0.2, 0.25) is 0 Å². The summed E-state index contributed by atoms with van der Waals surface area (Å²) in [6, 6.07) is 11.8. The maximum Gasteiger partial charge on any atom is 0.324 e. The second-order valence-electron chi connectivity index (χ2n) is 7.79. The predicted molar refractivity (Wildman–Crippen MR) is 118 cm³/mol. The lowest BCUT2D eigenvalue weighted by atomic mass is 9.86. The number of anilines is 1. The van der Waals surface area contributed by atoms with E-state index in [1.807, 2.05) is 38.1 Å². The summed E-state index contributed by atoms with van der Waals surface area (Å²) < 4.78 is 25.3. The molecule has 0 aromatic heterocycles. The van der Waals surface area contributed by atoms with Crippen LogP contribution in [0.2, 0.25) is 0 Å². The first kappa shape index (κ1) is 23.0. The lowest BCUT2D eigenvalue weighted by molar-refractivity contribution is -0.0681. The van der Waals surface area contributed by atoms with Crippen LogP contribution in [0.5, 0.6) is 5.75 Å². The summed E-state index contributed by atoms with van der Waals surface area (Å²) in [6.45, 7) is 6.36. The van der Waals surface area contributed by atoms with Crippen LogP contribution >= 0.6 is 0 Å². The van der Waals surface area contributed by atoms with Crippen LogP contribution in [0, 0.1) is 5.82 Å². The summed E-state index contributed by atoms with van der Waals surface area (Å²) in [5.74, 6) is -0.0767. The fraction of sp³-hybridized carbons (Fsp3) is 0.458. The molecule has 1 aliphatic heterocycles. The standard InChI is InChI=1S/C24H31FN2O4/c1-4-27(5-2)23(28)26(3)21-8-6-18(7-9-21)17-31-22-15-19(14-20(25)16-22)24(29)10-12-30-13-11-24/h6-9,14-16,29H,4-5,10-13,17H2,1-3H3. The van der Waals surface area contributed by atoms with Gasteiger partial charge in [0.15, 0.2) is 0 Å². The number of aliphatic hydroxyl groups is 1. The number of ether oxygens (including phenoxy) is 2. The molecule has 0 radical (unpaired) electrons. The zero-order chi connectivity index (χ0) is 22.4. The summed E-state index contributed by atoms with van der Waals surface area (Å²) >= 11 is 0. The summed E-state index contributed by atoms with van der Waals surface area (Å²) in [5.41, 5.74) is 1.10. The Morgan fingerprint density at radius 3 is 2.39 bits per heavy atom. The number of urea groups is 1. The first-order chi connectivity index (χ1) is 14.9. The first-order valence-electron chi connectivity index (χ1n) is 10.7. The van der Waals surface area contributed by atoms with E-state index in [1.54, 1.807) is 22.9 Å². The van der Waals surface area contributed by atoms with E-state index in [0.29, 0.717) is 50.5 Å². The Bertz CT molecular complexity index is 878. The monoisotopic (exact) mass is 430 g/mol. The number of carbonyl (C=O) groups excluding carboxylic acids is 1. The molecule has 1 N–H and O–H groups in total. The summed E-state index contributed by atoms with van der Waals surface area (Å²) in [4.78, 5) is 15.9. The van der Waals surface area contributed by atoms with Crippen molar-refractivity contribution >= 4 is 11.7 Å². The van der Waals surface area contributed by atoms with Crippen LogP contribution in [0.15, 0.2) is 42.5 Å². The molecule has 2 aromatic rings. The molecule has 2 amide bonds. The van der Waals surface area contributed by atoms with E-state index < -0.39 is 11.4 Å². The second-order valence-corrected chi connectivity index (χ2v) is 7.79. The highest BCUT2D eigenvalue weighted by Crippen LogP contribution is 2.34. The predicted octanol–water partition coefficient (Wildman–Crippen LogP) is 4.30. The molecule has 1 heterocycles. The highest BCUT2D eigenvalue weighted by atomic mass is 19.1. The molecular formula is C24H31FN2O4. The zero-order valence-corrected chi connectivity index (χ0v) is 18.4. The summed E-state index contributed by atoms with van der Waals surface area (Å²) in [5, 5.41) is 10.8. The Morgan fingerprint density at radius 1 is 1.13 bits per heavy atom. The van der Waals surface area contributed by atoms with Crippen molar-refractivity contribution in [1.29, 1.82) is 0 Å². The third-order valence-electron chi connectivity index (χ3n) is 5.78. The van der Waals surface area contributed by atoms with Crippen LogP contribution in [0.4, 0.5) is 14.9 Å². The zero-order valence-electron chi connectivity index (χ0n) is 18.4. The van der Waals surface area contributed by atoms with Crippen molar-refractivity contribution in [3.05, 3.63) is 59.4 Å². The Balaban J connectivity index is 1.66. The maximum atomic E-state index is 14.2. The Hall–Kier alpha value is -2.64.